The first kappa shape index (κ1) is 20.6. The van der Waals surface area contributed by atoms with Crippen LogP contribution in [-0.4, -0.2) is 42.3 Å². The fourth-order valence-corrected chi connectivity index (χ4v) is 3.58. The summed E-state index contributed by atoms with van der Waals surface area (Å²) in [6, 6.07) is 14.6. The van der Waals surface area contributed by atoms with Crippen LogP contribution in [0, 0.1) is 5.92 Å². The predicted octanol–water partition coefficient (Wildman–Crippen LogP) is 3.43. The van der Waals surface area contributed by atoms with Gasteiger partial charge in [0.05, 0.1) is 5.92 Å². The average Bonchev–Trinajstić information content (AvgIpc) is 3.22. The number of carbonyl (C=O) groups excluding carboxylic acids is 3. The molecule has 1 N–H and O–H groups in total. The van der Waals surface area contributed by atoms with E-state index in [1.165, 1.54) is 6.92 Å². The van der Waals surface area contributed by atoms with Gasteiger partial charge in [0.25, 0.3) is 6.01 Å². The highest BCUT2D eigenvalue weighted by Gasteiger charge is 2.28. The Kier molecular flexibility index (Phi) is 5.97. The molecule has 8 heteroatoms. The third-order valence-corrected chi connectivity index (χ3v) is 5.25. The number of fused-ring (bicyclic) bond motifs is 1. The number of piperidine rings is 1. The summed E-state index contributed by atoms with van der Waals surface area (Å²) in [5.74, 6) is -1.09. The molecule has 0 radical (unpaired) electrons. The number of amides is 1. The molecule has 1 aromatic heterocycles. The Balaban J connectivity index is 1.26. The van der Waals surface area contributed by atoms with Gasteiger partial charge in [-0.15, -0.1) is 0 Å². The molecule has 2 aromatic carbocycles. The van der Waals surface area contributed by atoms with Crippen LogP contribution in [0.4, 0.5) is 11.7 Å². The molecule has 1 saturated heterocycles. The van der Waals surface area contributed by atoms with Crippen LogP contribution in [0.15, 0.2) is 52.9 Å². The lowest BCUT2D eigenvalue weighted by molar-refractivity contribution is -0.148. The minimum atomic E-state index is -0.361. The first-order chi connectivity index (χ1) is 15.0. The first-order valence-electron chi connectivity index (χ1n) is 10.2. The maximum atomic E-state index is 12.4. The fourth-order valence-electron chi connectivity index (χ4n) is 3.58. The first-order valence-corrected chi connectivity index (χ1v) is 10.2. The average molecular weight is 421 g/mol. The van der Waals surface area contributed by atoms with Crippen molar-refractivity contribution in [2.24, 2.45) is 5.92 Å². The van der Waals surface area contributed by atoms with E-state index in [1.807, 2.05) is 29.2 Å². The Bertz CT molecular complexity index is 1060. The summed E-state index contributed by atoms with van der Waals surface area (Å²) in [4.78, 5) is 42.3. The highest BCUT2D eigenvalue weighted by Crippen LogP contribution is 2.26. The molecule has 0 atom stereocenters. The number of hydrogen-bond donors (Lipinski definition) is 1. The second-order valence-electron chi connectivity index (χ2n) is 7.51. The van der Waals surface area contributed by atoms with Crippen LogP contribution >= 0.6 is 0 Å². The number of ether oxygens (including phenoxy) is 1. The lowest BCUT2D eigenvalue weighted by Gasteiger charge is -2.29. The van der Waals surface area contributed by atoms with Gasteiger partial charge < -0.3 is 19.4 Å². The van der Waals surface area contributed by atoms with Gasteiger partial charge in [-0.3, -0.25) is 14.4 Å². The Morgan fingerprint density at radius 3 is 2.48 bits per heavy atom. The number of hydrogen-bond acceptors (Lipinski definition) is 7. The normalized spacial score (nSPS) is 14.4. The van der Waals surface area contributed by atoms with E-state index < -0.39 is 0 Å². The summed E-state index contributed by atoms with van der Waals surface area (Å²) in [6.07, 6.45) is 1.22. The zero-order valence-electron chi connectivity index (χ0n) is 17.2. The smallest absolute Gasteiger partial charge is 0.309 e. The molecule has 1 aliphatic rings. The molecule has 2 heterocycles. The van der Waals surface area contributed by atoms with E-state index in [1.54, 1.807) is 24.3 Å². The van der Waals surface area contributed by atoms with Gasteiger partial charge in [-0.1, -0.05) is 12.1 Å². The number of rotatable bonds is 6. The molecule has 0 aliphatic carbocycles. The summed E-state index contributed by atoms with van der Waals surface area (Å²) in [5.41, 5.74) is 2.57. The summed E-state index contributed by atoms with van der Waals surface area (Å²) in [5, 5.41) is 2.64. The third-order valence-electron chi connectivity index (χ3n) is 5.25. The van der Waals surface area contributed by atoms with E-state index in [9.17, 15) is 14.4 Å². The Labute approximate surface area is 179 Å². The van der Waals surface area contributed by atoms with Crippen LogP contribution in [0.3, 0.4) is 0 Å². The minimum Gasteiger partial charge on any atom is -0.457 e. The number of carbonyl (C=O) groups is 3. The molecule has 0 bridgehead atoms. The zero-order chi connectivity index (χ0) is 21.8. The van der Waals surface area contributed by atoms with Gasteiger partial charge in [0.2, 0.25) is 5.91 Å². The van der Waals surface area contributed by atoms with Crippen molar-refractivity contribution in [1.29, 1.82) is 0 Å². The Hall–Kier alpha value is -3.68. The van der Waals surface area contributed by atoms with Crippen molar-refractivity contribution in [3.05, 3.63) is 54.1 Å². The van der Waals surface area contributed by atoms with Crippen molar-refractivity contribution in [3.63, 3.8) is 0 Å². The summed E-state index contributed by atoms with van der Waals surface area (Å²) in [6.45, 7) is 2.37. The second-order valence-corrected chi connectivity index (χ2v) is 7.51. The molecule has 31 heavy (non-hydrogen) atoms. The highest BCUT2D eigenvalue weighted by atomic mass is 16.5. The molecular formula is C23H23N3O5. The standard InChI is InChI=1S/C23H23N3O5/c1-15(27)24-18-8-6-16(7-9-18)20(28)14-30-22(29)17-10-12-26(13-11-17)23-25-19-4-2-3-5-21(19)31-23/h2-9,17H,10-14H2,1H3,(H,24,27). The van der Waals surface area contributed by atoms with Gasteiger partial charge in [-0.25, -0.2) is 0 Å². The van der Waals surface area contributed by atoms with Gasteiger partial charge in [0.1, 0.15) is 5.52 Å². The monoisotopic (exact) mass is 421 g/mol. The molecule has 0 saturated carbocycles. The number of aromatic nitrogens is 1. The lowest BCUT2D eigenvalue weighted by atomic mass is 9.97. The summed E-state index contributed by atoms with van der Waals surface area (Å²) in [7, 11) is 0. The van der Waals surface area contributed by atoms with Gasteiger partial charge in [-0.2, -0.15) is 4.98 Å². The SMILES string of the molecule is CC(=O)Nc1ccc(C(=O)COC(=O)C2CCN(c3nc4ccccc4o3)CC2)cc1. The number of ketones is 1. The van der Waals surface area contributed by atoms with Crippen molar-refractivity contribution in [1.82, 2.24) is 4.98 Å². The van der Waals surface area contributed by atoms with Crippen LogP contribution in [-0.2, 0) is 14.3 Å². The molecule has 0 unspecified atom stereocenters. The molecule has 160 valence electrons. The van der Waals surface area contributed by atoms with Crippen molar-refractivity contribution in [2.75, 3.05) is 29.9 Å². The van der Waals surface area contributed by atoms with Gasteiger partial charge in [0.15, 0.2) is 18.0 Å². The number of nitrogens with zero attached hydrogens (tertiary/aromatic N) is 2. The van der Waals surface area contributed by atoms with E-state index in [-0.39, 0.29) is 30.2 Å². The maximum Gasteiger partial charge on any atom is 0.309 e. The number of para-hydroxylation sites is 2. The molecule has 4 rings (SSSR count). The van der Waals surface area contributed by atoms with Crippen molar-refractivity contribution < 1.29 is 23.5 Å². The fraction of sp³-hybridized carbons (Fsp3) is 0.304. The number of esters is 1. The van der Waals surface area contributed by atoms with Crippen LogP contribution in [0.2, 0.25) is 0 Å². The molecule has 1 amide bonds. The maximum absolute atomic E-state index is 12.4. The summed E-state index contributed by atoms with van der Waals surface area (Å²) < 4.78 is 11.1. The molecule has 1 aliphatic heterocycles. The lowest BCUT2D eigenvalue weighted by Crippen LogP contribution is -2.37. The van der Waals surface area contributed by atoms with Crippen molar-refractivity contribution >= 4 is 40.5 Å². The van der Waals surface area contributed by atoms with Crippen molar-refractivity contribution in [2.45, 2.75) is 19.8 Å². The van der Waals surface area contributed by atoms with Crippen LogP contribution in [0.5, 0.6) is 0 Å². The van der Waals surface area contributed by atoms with Gasteiger partial charge in [0, 0.05) is 31.3 Å². The highest BCUT2D eigenvalue weighted by molar-refractivity contribution is 5.98. The number of anilines is 2. The summed E-state index contributed by atoms with van der Waals surface area (Å²) >= 11 is 0. The van der Waals surface area contributed by atoms with E-state index in [4.69, 9.17) is 9.15 Å². The van der Waals surface area contributed by atoms with E-state index in [2.05, 4.69) is 10.3 Å². The topological polar surface area (TPSA) is 102 Å². The van der Waals surface area contributed by atoms with E-state index in [0.717, 1.165) is 11.1 Å². The second kappa shape index (κ2) is 8.99. The molecule has 8 nitrogen and oxygen atoms in total. The molecular weight excluding hydrogens is 398 g/mol. The quantitative estimate of drug-likeness (QED) is 0.481. The molecule has 0 spiro atoms. The predicted molar refractivity (Wildman–Crippen MR) is 115 cm³/mol. The zero-order valence-corrected chi connectivity index (χ0v) is 17.2. The van der Waals surface area contributed by atoms with Gasteiger partial charge >= 0.3 is 5.97 Å². The van der Waals surface area contributed by atoms with E-state index in [0.29, 0.717) is 43.2 Å². The van der Waals surface area contributed by atoms with Crippen LogP contribution < -0.4 is 10.2 Å². The molecule has 1 fully saturated rings. The Morgan fingerprint density at radius 2 is 1.81 bits per heavy atom. The molecule has 3 aromatic rings. The number of oxazole rings is 1. The largest absolute Gasteiger partial charge is 0.457 e. The number of benzene rings is 2. The minimum absolute atomic E-state index is 0.185. The van der Waals surface area contributed by atoms with E-state index >= 15 is 0 Å². The van der Waals surface area contributed by atoms with Crippen molar-refractivity contribution in [3.8, 4) is 0 Å². The third kappa shape index (κ3) is 4.91. The number of nitrogens with one attached hydrogen (secondary N) is 1. The Morgan fingerprint density at radius 1 is 1.10 bits per heavy atom. The van der Waals surface area contributed by atoms with Crippen LogP contribution in [0.25, 0.3) is 11.1 Å². The van der Waals surface area contributed by atoms with Gasteiger partial charge in [-0.05, 0) is 49.2 Å². The van der Waals surface area contributed by atoms with Crippen LogP contribution in [0.1, 0.15) is 30.1 Å². The number of Topliss-reactive ketones (excluding diaryl/α,β-unsaturated/α-hetero) is 1.